The Morgan fingerprint density at radius 1 is 1.26 bits per heavy atom. The Morgan fingerprint density at radius 3 is 2.58 bits per heavy atom. The zero-order valence-corrected chi connectivity index (χ0v) is 12.4. The summed E-state index contributed by atoms with van der Waals surface area (Å²) in [5.41, 5.74) is -0.000998. The van der Waals surface area contributed by atoms with Gasteiger partial charge < -0.3 is 15.0 Å². The van der Waals surface area contributed by atoms with Crippen molar-refractivity contribution in [3.05, 3.63) is 0 Å². The lowest BCUT2D eigenvalue weighted by molar-refractivity contribution is -0.129. The van der Waals surface area contributed by atoms with Gasteiger partial charge in [0.1, 0.15) is 0 Å². The monoisotopic (exact) mass is 269 g/mol. The van der Waals surface area contributed by atoms with Crippen LogP contribution in [0.4, 0.5) is 0 Å². The van der Waals surface area contributed by atoms with Crippen molar-refractivity contribution in [1.29, 1.82) is 0 Å². The maximum absolute atomic E-state index is 12.1. The number of carbonyl (C=O) groups excluding carboxylic acids is 1. The predicted octanol–water partition coefficient (Wildman–Crippen LogP) is 0.308. The zero-order valence-electron chi connectivity index (χ0n) is 12.4. The van der Waals surface area contributed by atoms with E-state index in [0.29, 0.717) is 12.6 Å². The molecule has 1 amide bonds. The maximum Gasteiger partial charge on any atom is 0.236 e. The molecule has 2 saturated heterocycles. The Balaban J connectivity index is 1.76. The number of ether oxygens (including phenoxy) is 1. The molecule has 0 aromatic rings. The van der Waals surface area contributed by atoms with Crippen LogP contribution in [0, 0.1) is 0 Å². The van der Waals surface area contributed by atoms with Crippen LogP contribution >= 0.6 is 0 Å². The van der Waals surface area contributed by atoms with Gasteiger partial charge >= 0.3 is 0 Å². The number of rotatable bonds is 3. The lowest BCUT2D eigenvalue weighted by Gasteiger charge is -2.32. The second-order valence-corrected chi connectivity index (χ2v) is 6.53. The first-order valence-electron chi connectivity index (χ1n) is 7.30. The van der Waals surface area contributed by atoms with Crippen molar-refractivity contribution in [3.8, 4) is 0 Å². The number of hydrogen-bond donors (Lipinski definition) is 1. The first-order chi connectivity index (χ1) is 8.96. The minimum atomic E-state index is -0.000998. The van der Waals surface area contributed by atoms with Gasteiger partial charge in [0.25, 0.3) is 0 Å². The SMILES string of the molecule is CC(C)(C)NCC(=O)N1CCC(N2CCOCC2)C1. The zero-order chi connectivity index (χ0) is 13.9. The van der Waals surface area contributed by atoms with Gasteiger partial charge in [-0.1, -0.05) is 0 Å². The smallest absolute Gasteiger partial charge is 0.236 e. The summed E-state index contributed by atoms with van der Waals surface area (Å²) in [6.45, 7) is 12.1. The number of hydrogen-bond acceptors (Lipinski definition) is 4. The average molecular weight is 269 g/mol. The van der Waals surface area contributed by atoms with Gasteiger partial charge in [-0.25, -0.2) is 0 Å². The van der Waals surface area contributed by atoms with E-state index in [1.54, 1.807) is 0 Å². The minimum absolute atomic E-state index is 0.000998. The van der Waals surface area contributed by atoms with Crippen molar-refractivity contribution in [1.82, 2.24) is 15.1 Å². The number of nitrogens with one attached hydrogen (secondary N) is 1. The third kappa shape index (κ3) is 4.44. The van der Waals surface area contributed by atoms with Crippen LogP contribution in [0.1, 0.15) is 27.2 Å². The molecule has 0 bridgehead atoms. The molecular weight excluding hydrogens is 242 g/mol. The van der Waals surface area contributed by atoms with Gasteiger partial charge in [-0.2, -0.15) is 0 Å². The molecule has 0 aliphatic carbocycles. The lowest BCUT2D eigenvalue weighted by Crippen LogP contribution is -2.47. The molecule has 2 rings (SSSR count). The van der Waals surface area contributed by atoms with E-state index in [0.717, 1.165) is 45.8 Å². The van der Waals surface area contributed by atoms with Crippen LogP contribution in [0.15, 0.2) is 0 Å². The first-order valence-corrected chi connectivity index (χ1v) is 7.30. The third-order valence-corrected chi connectivity index (χ3v) is 3.85. The highest BCUT2D eigenvalue weighted by Gasteiger charge is 2.31. The molecular formula is C14H27N3O2. The minimum Gasteiger partial charge on any atom is -0.379 e. The fourth-order valence-corrected chi connectivity index (χ4v) is 2.66. The summed E-state index contributed by atoms with van der Waals surface area (Å²) in [4.78, 5) is 16.6. The lowest BCUT2D eigenvalue weighted by atomic mass is 10.1. The highest BCUT2D eigenvalue weighted by atomic mass is 16.5. The molecule has 0 radical (unpaired) electrons. The van der Waals surface area contributed by atoms with Crippen LogP contribution in [0.5, 0.6) is 0 Å². The van der Waals surface area contributed by atoms with E-state index in [9.17, 15) is 4.79 Å². The van der Waals surface area contributed by atoms with E-state index in [1.807, 2.05) is 4.90 Å². The maximum atomic E-state index is 12.1. The second kappa shape index (κ2) is 6.20. The number of nitrogens with zero attached hydrogens (tertiary/aromatic N) is 2. The van der Waals surface area contributed by atoms with Crippen molar-refractivity contribution >= 4 is 5.91 Å². The Labute approximate surface area is 116 Å². The third-order valence-electron chi connectivity index (χ3n) is 3.85. The molecule has 5 heteroatoms. The topological polar surface area (TPSA) is 44.8 Å². The average Bonchev–Trinajstić information content (AvgIpc) is 2.86. The van der Waals surface area contributed by atoms with Crippen molar-refractivity contribution in [3.63, 3.8) is 0 Å². The molecule has 1 N–H and O–H groups in total. The molecule has 19 heavy (non-hydrogen) atoms. The summed E-state index contributed by atoms with van der Waals surface area (Å²) in [6, 6.07) is 0.530. The highest BCUT2D eigenvalue weighted by molar-refractivity contribution is 5.78. The van der Waals surface area contributed by atoms with Gasteiger partial charge in [-0.15, -0.1) is 0 Å². The Kier molecular flexibility index (Phi) is 4.81. The van der Waals surface area contributed by atoms with Crippen molar-refractivity contribution in [2.45, 2.75) is 38.8 Å². The summed E-state index contributed by atoms with van der Waals surface area (Å²) in [5.74, 6) is 0.227. The van der Waals surface area contributed by atoms with Crippen LogP contribution in [0.2, 0.25) is 0 Å². The highest BCUT2D eigenvalue weighted by Crippen LogP contribution is 2.17. The largest absolute Gasteiger partial charge is 0.379 e. The number of morpholine rings is 1. The fourth-order valence-electron chi connectivity index (χ4n) is 2.66. The van der Waals surface area contributed by atoms with Crippen molar-refractivity contribution in [2.75, 3.05) is 45.9 Å². The molecule has 110 valence electrons. The molecule has 0 spiro atoms. The molecule has 0 aromatic carbocycles. The molecule has 5 nitrogen and oxygen atoms in total. The van der Waals surface area contributed by atoms with Gasteiger partial charge in [0, 0.05) is 37.8 Å². The Hall–Kier alpha value is -0.650. The van der Waals surface area contributed by atoms with E-state index in [4.69, 9.17) is 4.74 Å². The number of carbonyl (C=O) groups is 1. The van der Waals surface area contributed by atoms with E-state index in [-0.39, 0.29) is 11.4 Å². The molecule has 2 fully saturated rings. The second-order valence-electron chi connectivity index (χ2n) is 6.53. The van der Waals surface area contributed by atoms with Gasteiger partial charge in [0.2, 0.25) is 5.91 Å². The van der Waals surface area contributed by atoms with Crippen LogP contribution < -0.4 is 5.32 Å². The Bertz CT molecular complexity index is 308. The van der Waals surface area contributed by atoms with E-state index >= 15 is 0 Å². The van der Waals surface area contributed by atoms with Crippen LogP contribution in [0.25, 0.3) is 0 Å². The predicted molar refractivity (Wildman–Crippen MR) is 75.1 cm³/mol. The van der Waals surface area contributed by atoms with Gasteiger partial charge in [-0.05, 0) is 27.2 Å². The van der Waals surface area contributed by atoms with E-state index < -0.39 is 0 Å². The normalized spacial score (nSPS) is 25.8. The fraction of sp³-hybridized carbons (Fsp3) is 0.929. The quantitative estimate of drug-likeness (QED) is 0.801. The molecule has 2 heterocycles. The van der Waals surface area contributed by atoms with Crippen molar-refractivity contribution in [2.24, 2.45) is 0 Å². The Morgan fingerprint density at radius 2 is 1.95 bits per heavy atom. The molecule has 0 aromatic heterocycles. The molecule has 1 atom stereocenters. The van der Waals surface area contributed by atoms with Crippen molar-refractivity contribution < 1.29 is 9.53 Å². The van der Waals surface area contributed by atoms with Gasteiger partial charge in [-0.3, -0.25) is 9.69 Å². The van der Waals surface area contributed by atoms with Crippen LogP contribution in [-0.4, -0.2) is 73.2 Å². The van der Waals surface area contributed by atoms with Gasteiger partial charge in [0.05, 0.1) is 19.8 Å². The van der Waals surface area contributed by atoms with E-state index in [2.05, 4.69) is 31.0 Å². The summed E-state index contributed by atoms with van der Waals surface area (Å²) >= 11 is 0. The van der Waals surface area contributed by atoms with Crippen LogP contribution in [-0.2, 0) is 9.53 Å². The molecule has 1 unspecified atom stereocenters. The number of amides is 1. The molecule has 2 aliphatic heterocycles. The summed E-state index contributed by atoms with van der Waals surface area (Å²) in [5, 5.41) is 3.27. The number of likely N-dealkylation sites (tertiary alicyclic amines) is 1. The van der Waals surface area contributed by atoms with Gasteiger partial charge in [0.15, 0.2) is 0 Å². The molecule has 2 aliphatic rings. The molecule has 0 saturated carbocycles. The first kappa shape index (κ1) is 14.8. The van der Waals surface area contributed by atoms with Crippen LogP contribution in [0.3, 0.4) is 0 Å². The summed E-state index contributed by atoms with van der Waals surface area (Å²) in [7, 11) is 0. The summed E-state index contributed by atoms with van der Waals surface area (Å²) < 4.78 is 5.38. The summed E-state index contributed by atoms with van der Waals surface area (Å²) in [6.07, 6.45) is 1.10. The van der Waals surface area contributed by atoms with E-state index in [1.165, 1.54) is 0 Å². The standard InChI is InChI=1S/C14H27N3O2/c1-14(2,3)15-10-13(18)17-5-4-12(11-17)16-6-8-19-9-7-16/h12,15H,4-11H2,1-3H3.